The number of ether oxygens (including phenoxy) is 1. The molecular weight excluding hydrogens is 488 g/mol. The van der Waals surface area contributed by atoms with Crippen LogP contribution in [0.3, 0.4) is 0 Å². The van der Waals surface area contributed by atoms with Crippen LogP contribution in [0.4, 0.5) is 5.69 Å². The fraction of sp³-hybridized carbons (Fsp3) is 0.333. The molecule has 0 aliphatic heterocycles. The van der Waals surface area contributed by atoms with Gasteiger partial charge in [-0.3, -0.25) is 4.79 Å². The molecule has 0 bridgehead atoms. The molecule has 2 N–H and O–H groups in total. The fourth-order valence-corrected chi connectivity index (χ4v) is 4.61. The highest BCUT2D eigenvalue weighted by Crippen LogP contribution is 2.17. The summed E-state index contributed by atoms with van der Waals surface area (Å²) < 4.78 is 33.6. The van der Waals surface area contributed by atoms with Crippen molar-refractivity contribution < 1.29 is 17.9 Å². The summed E-state index contributed by atoms with van der Waals surface area (Å²) in [6, 6.07) is 13.4. The van der Waals surface area contributed by atoms with Gasteiger partial charge in [0.1, 0.15) is 0 Å². The number of sulfonamides is 1. The Bertz CT molecular complexity index is 962. The quantitative estimate of drug-likeness (QED) is 0.361. The van der Waals surface area contributed by atoms with Crippen molar-refractivity contribution >= 4 is 54.8 Å². The van der Waals surface area contributed by atoms with Gasteiger partial charge in [0.15, 0.2) is 0 Å². The molecule has 2 aromatic rings. The average molecular weight is 513 g/mol. The van der Waals surface area contributed by atoms with Gasteiger partial charge in [-0.1, -0.05) is 53.6 Å². The van der Waals surface area contributed by atoms with E-state index in [1.165, 1.54) is 7.11 Å². The van der Waals surface area contributed by atoms with Crippen LogP contribution in [0.5, 0.6) is 0 Å². The summed E-state index contributed by atoms with van der Waals surface area (Å²) in [5.41, 5.74) is 1.75. The molecular formula is C21H25BrN2O4S2. The molecule has 0 spiro atoms. The molecule has 0 aromatic heterocycles. The SMILES string of the molecule is CCCC(NS(=O)(=O)c1ccc(Br)cc1)C(=S)Nc1ccc(CCC(=O)OC)cc1. The molecule has 0 amide bonds. The lowest BCUT2D eigenvalue weighted by Gasteiger charge is -2.20. The molecule has 0 radical (unpaired) electrons. The number of carbonyl (C=O) groups excluding carboxylic acids is 1. The smallest absolute Gasteiger partial charge is 0.305 e. The number of hydrogen-bond donors (Lipinski definition) is 2. The molecule has 2 rings (SSSR count). The third-order valence-corrected chi connectivity index (χ3v) is 6.78. The second kappa shape index (κ2) is 11.5. The number of rotatable bonds is 10. The molecule has 1 atom stereocenters. The van der Waals surface area contributed by atoms with Crippen LogP contribution in [0, 0.1) is 0 Å². The molecule has 0 fully saturated rings. The first kappa shape index (κ1) is 24.5. The van der Waals surface area contributed by atoms with E-state index >= 15 is 0 Å². The molecule has 30 heavy (non-hydrogen) atoms. The highest BCUT2D eigenvalue weighted by atomic mass is 79.9. The largest absolute Gasteiger partial charge is 0.469 e. The van der Waals surface area contributed by atoms with Crippen LogP contribution < -0.4 is 10.0 Å². The zero-order valence-electron chi connectivity index (χ0n) is 16.9. The van der Waals surface area contributed by atoms with Crippen molar-refractivity contribution in [3.63, 3.8) is 0 Å². The van der Waals surface area contributed by atoms with Crippen LogP contribution in [-0.4, -0.2) is 32.5 Å². The molecule has 0 aliphatic carbocycles. The minimum absolute atomic E-state index is 0.185. The fourth-order valence-electron chi connectivity index (χ4n) is 2.73. The summed E-state index contributed by atoms with van der Waals surface area (Å²) in [5.74, 6) is -0.251. The summed E-state index contributed by atoms with van der Waals surface area (Å²) in [6.45, 7) is 1.97. The third-order valence-electron chi connectivity index (χ3n) is 4.38. The van der Waals surface area contributed by atoms with Crippen LogP contribution in [0.25, 0.3) is 0 Å². The summed E-state index contributed by atoms with van der Waals surface area (Å²) >= 11 is 8.79. The number of benzene rings is 2. The molecule has 162 valence electrons. The van der Waals surface area contributed by atoms with E-state index < -0.39 is 16.1 Å². The van der Waals surface area contributed by atoms with Crippen LogP contribution in [-0.2, 0) is 26.0 Å². The van der Waals surface area contributed by atoms with Crippen LogP contribution in [0.15, 0.2) is 57.9 Å². The number of halogens is 1. The Morgan fingerprint density at radius 1 is 1.13 bits per heavy atom. The van der Waals surface area contributed by atoms with Gasteiger partial charge in [-0.25, -0.2) is 13.1 Å². The van der Waals surface area contributed by atoms with Gasteiger partial charge in [-0.2, -0.15) is 0 Å². The number of hydrogen-bond acceptors (Lipinski definition) is 5. The molecule has 9 heteroatoms. The van der Waals surface area contributed by atoms with Crippen LogP contribution >= 0.6 is 28.1 Å². The van der Waals surface area contributed by atoms with Crippen molar-refractivity contribution in [2.45, 2.75) is 43.5 Å². The standard InChI is InChI=1S/C21H25BrN2O4S2/c1-3-4-19(24-30(26,27)18-12-8-16(22)9-13-18)21(29)23-17-10-5-15(6-11-17)7-14-20(25)28-2/h5-6,8-13,19,24H,3-4,7,14H2,1-2H3,(H,23,29). The molecule has 2 aromatic carbocycles. The zero-order chi connectivity index (χ0) is 22.1. The van der Waals surface area contributed by atoms with Gasteiger partial charge < -0.3 is 10.1 Å². The highest BCUT2D eigenvalue weighted by molar-refractivity contribution is 9.10. The maximum absolute atomic E-state index is 12.7. The maximum Gasteiger partial charge on any atom is 0.305 e. The number of carbonyl (C=O) groups is 1. The van der Waals surface area contributed by atoms with Gasteiger partial charge >= 0.3 is 5.97 Å². The predicted molar refractivity (Wildman–Crippen MR) is 126 cm³/mol. The third kappa shape index (κ3) is 7.46. The first-order chi connectivity index (χ1) is 14.2. The molecule has 6 nitrogen and oxygen atoms in total. The summed E-state index contributed by atoms with van der Waals surface area (Å²) in [5, 5.41) is 3.12. The Kier molecular flexibility index (Phi) is 9.41. The molecule has 1 unspecified atom stereocenters. The van der Waals surface area contributed by atoms with Crippen molar-refractivity contribution in [3.8, 4) is 0 Å². The highest BCUT2D eigenvalue weighted by Gasteiger charge is 2.23. The van der Waals surface area contributed by atoms with Crippen molar-refractivity contribution in [3.05, 3.63) is 58.6 Å². The number of methoxy groups -OCH3 is 1. The van der Waals surface area contributed by atoms with E-state index in [0.717, 1.165) is 22.1 Å². The van der Waals surface area contributed by atoms with Crippen molar-refractivity contribution in [2.75, 3.05) is 12.4 Å². The first-order valence-electron chi connectivity index (χ1n) is 9.49. The molecule has 0 heterocycles. The lowest BCUT2D eigenvalue weighted by atomic mass is 10.1. The van der Waals surface area contributed by atoms with E-state index in [4.69, 9.17) is 12.2 Å². The monoisotopic (exact) mass is 512 g/mol. The summed E-state index contributed by atoms with van der Waals surface area (Å²) in [7, 11) is -2.33. The molecule has 0 saturated carbocycles. The molecule has 0 aliphatic rings. The topological polar surface area (TPSA) is 84.5 Å². The van der Waals surface area contributed by atoms with Gasteiger partial charge in [-0.15, -0.1) is 0 Å². The van der Waals surface area contributed by atoms with Crippen molar-refractivity contribution in [2.24, 2.45) is 0 Å². The minimum Gasteiger partial charge on any atom is -0.469 e. The second-order valence-corrected chi connectivity index (χ2v) is 9.75. The summed E-state index contributed by atoms with van der Waals surface area (Å²) in [4.78, 5) is 11.8. The predicted octanol–water partition coefficient (Wildman–Crippen LogP) is 4.44. The maximum atomic E-state index is 12.7. The first-order valence-corrected chi connectivity index (χ1v) is 12.2. The van der Waals surface area contributed by atoms with E-state index in [0.29, 0.717) is 24.3 Å². The minimum atomic E-state index is -3.70. The van der Waals surface area contributed by atoms with E-state index in [1.807, 2.05) is 31.2 Å². The number of thiocarbonyl (C=S) groups is 1. The number of nitrogens with one attached hydrogen (secondary N) is 2. The normalized spacial score (nSPS) is 12.2. The van der Waals surface area contributed by atoms with E-state index in [-0.39, 0.29) is 10.9 Å². The second-order valence-electron chi connectivity index (χ2n) is 6.68. The number of aryl methyl sites for hydroxylation is 1. The Morgan fingerprint density at radius 2 is 1.77 bits per heavy atom. The lowest BCUT2D eigenvalue weighted by molar-refractivity contribution is -0.140. The van der Waals surface area contributed by atoms with E-state index in [2.05, 4.69) is 30.7 Å². The van der Waals surface area contributed by atoms with Gasteiger partial charge in [0, 0.05) is 16.6 Å². The number of esters is 1. The van der Waals surface area contributed by atoms with Gasteiger partial charge in [0.25, 0.3) is 0 Å². The van der Waals surface area contributed by atoms with Crippen LogP contribution in [0.2, 0.25) is 0 Å². The summed E-state index contributed by atoms with van der Waals surface area (Å²) in [6.07, 6.45) is 2.24. The van der Waals surface area contributed by atoms with Crippen molar-refractivity contribution in [1.29, 1.82) is 0 Å². The lowest BCUT2D eigenvalue weighted by Crippen LogP contribution is -2.42. The van der Waals surface area contributed by atoms with E-state index in [1.54, 1.807) is 24.3 Å². The van der Waals surface area contributed by atoms with Gasteiger partial charge in [0.2, 0.25) is 10.0 Å². The number of anilines is 1. The zero-order valence-corrected chi connectivity index (χ0v) is 20.1. The van der Waals surface area contributed by atoms with E-state index in [9.17, 15) is 13.2 Å². The van der Waals surface area contributed by atoms with Crippen LogP contribution in [0.1, 0.15) is 31.7 Å². The van der Waals surface area contributed by atoms with Gasteiger partial charge in [-0.05, 0) is 54.8 Å². The van der Waals surface area contributed by atoms with Gasteiger partial charge in [0.05, 0.1) is 23.0 Å². The average Bonchev–Trinajstić information content (AvgIpc) is 2.72. The Morgan fingerprint density at radius 3 is 2.33 bits per heavy atom. The Balaban J connectivity index is 2.04. The Hall–Kier alpha value is -1.81. The molecule has 0 saturated heterocycles. The van der Waals surface area contributed by atoms with Crippen molar-refractivity contribution in [1.82, 2.24) is 4.72 Å². The Labute approximate surface area is 191 Å².